The van der Waals surface area contributed by atoms with E-state index in [-0.39, 0.29) is 5.60 Å². The summed E-state index contributed by atoms with van der Waals surface area (Å²) in [5, 5.41) is 3.84. The van der Waals surface area contributed by atoms with E-state index in [1.54, 1.807) is 0 Å². The maximum Gasteiger partial charge on any atom is 0.0729 e. The second-order valence-corrected chi connectivity index (χ2v) is 7.21. The maximum absolute atomic E-state index is 6.21. The summed E-state index contributed by atoms with van der Waals surface area (Å²) in [4.78, 5) is 0. The molecule has 1 N–H and O–H groups in total. The molecule has 2 heterocycles. The van der Waals surface area contributed by atoms with Crippen LogP contribution in [0.3, 0.4) is 0 Å². The van der Waals surface area contributed by atoms with Gasteiger partial charge >= 0.3 is 0 Å². The molecule has 0 bridgehead atoms. The van der Waals surface area contributed by atoms with E-state index < -0.39 is 0 Å². The highest BCUT2D eigenvalue weighted by Gasteiger charge is 2.41. The van der Waals surface area contributed by atoms with E-state index in [4.69, 9.17) is 9.47 Å². The smallest absolute Gasteiger partial charge is 0.0729 e. The lowest BCUT2D eigenvalue weighted by Gasteiger charge is -2.46. The Morgan fingerprint density at radius 1 is 1.19 bits per heavy atom. The summed E-state index contributed by atoms with van der Waals surface area (Å²) < 4.78 is 11.8. The number of rotatable bonds is 7. The SMILES string of the molecule is CCCNC(CC(C)CC)C1CCOC2(CCOCC2)C1. The first-order chi connectivity index (χ1) is 10.2. The van der Waals surface area contributed by atoms with Crippen molar-refractivity contribution in [3.8, 4) is 0 Å². The van der Waals surface area contributed by atoms with Gasteiger partial charge in [-0.1, -0.05) is 27.2 Å². The van der Waals surface area contributed by atoms with E-state index in [1.165, 1.54) is 32.1 Å². The molecule has 0 aromatic heterocycles. The lowest BCUT2D eigenvalue weighted by atomic mass is 9.76. The molecule has 2 aliphatic heterocycles. The monoisotopic (exact) mass is 297 g/mol. The molecule has 2 rings (SSSR count). The van der Waals surface area contributed by atoms with Crippen molar-refractivity contribution < 1.29 is 9.47 Å². The zero-order valence-electron chi connectivity index (χ0n) is 14.3. The molecule has 0 saturated carbocycles. The van der Waals surface area contributed by atoms with Crippen molar-refractivity contribution in [3.05, 3.63) is 0 Å². The van der Waals surface area contributed by atoms with Crippen molar-refractivity contribution in [2.45, 2.75) is 77.4 Å². The van der Waals surface area contributed by atoms with Gasteiger partial charge in [-0.3, -0.25) is 0 Å². The van der Waals surface area contributed by atoms with E-state index in [0.717, 1.165) is 51.0 Å². The summed E-state index contributed by atoms with van der Waals surface area (Å²) in [6, 6.07) is 0.670. The average molecular weight is 297 g/mol. The molecule has 2 saturated heterocycles. The Balaban J connectivity index is 1.96. The highest BCUT2D eigenvalue weighted by Crippen LogP contribution is 2.39. The van der Waals surface area contributed by atoms with Crippen LogP contribution in [0.2, 0.25) is 0 Å². The minimum atomic E-state index is 0.128. The van der Waals surface area contributed by atoms with Gasteiger partial charge in [-0.2, -0.15) is 0 Å². The van der Waals surface area contributed by atoms with Crippen molar-refractivity contribution in [3.63, 3.8) is 0 Å². The zero-order chi connectivity index (χ0) is 15.1. The van der Waals surface area contributed by atoms with Crippen molar-refractivity contribution in [2.24, 2.45) is 11.8 Å². The average Bonchev–Trinajstić information content (AvgIpc) is 2.52. The zero-order valence-corrected chi connectivity index (χ0v) is 14.3. The van der Waals surface area contributed by atoms with Gasteiger partial charge in [0.15, 0.2) is 0 Å². The van der Waals surface area contributed by atoms with Crippen LogP contribution < -0.4 is 5.32 Å². The van der Waals surface area contributed by atoms with Crippen molar-refractivity contribution in [1.29, 1.82) is 0 Å². The van der Waals surface area contributed by atoms with Gasteiger partial charge in [-0.15, -0.1) is 0 Å². The van der Waals surface area contributed by atoms with Gasteiger partial charge in [0.05, 0.1) is 5.60 Å². The van der Waals surface area contributed by atoms with Gasteiger partial charge in [0, 0.05) is 25.9 Å². The van der Waals surface area contributed by atoms with Crippen LogP contribution in [-0.2, 0) is 9.47 Å². The van der Waals surface area contributed by atoms with Gasteiger partial charge in [0.2, 0.25) is 0 Å². The molecule has 3 unspecified atom stereocenters. The highest BCUT2D eigenvalue weighted by molar-refractivity contribution is 4.93. The summed E-state index contributed by atoms with van der Waals surface area (Å²) >= 11 is 0. The van der Waals surface area contributed by atoms with Crippen molar-refractivity contribution in [2.75, 3.05) is 26.4 Å². The molecular formula is C18H35NO2. The van der Waals surface area contributed by atoms with Gasteiger partial charge in [0.1, 0.15) is 0 Å². The molecule has 21 heavy (non-hydrogen) atoms. The Labute approximate surface area is 131 Å². The van der Waals surface area contributed by atoms with E-state index >= 15 is 0 Å². The van der Waals surface area contributed by atoms with Crippen LogP contribution >= 0.6 is 0 Å². The third-order valence-electron chi connectivity index (χ3n) is 5.51. The predicted octanol–water partition coefficient (Wildman–Crippen LogP) is 3.77. The summed E-state index contributed by atoms with van der Waals surface area (Å²) in [5.41, 5.74) is 0.128. The lowest BCUT2D eigenvalue weighted by Crippen LogP contribution is -2.49. The normalized spacial score (nSPS) is 28.4. The summed E-state index contributed by atoms with van der Waals surface area (Å²) in [7, 11) is 0. The summed E-state index contributed by atoms with van der Waals surface area (Å²) in [5.74, 6) is 1.59. The quantitative estimate of drug-likeness (QED) is 0.776. The minimum Gasteiger partial charge on any atom is -0.381 e. The summed E-state index contributed by atoms with van der Waals surface area (Å²) in [6.07, 6.45) is 8.45. The van der Waals surface area contributed by atoms with Gasteiger partial charge in [-0.05, 0) is 56.9 Å². The van der Waals surface area contributed by atoms with Crippen LogP contribution in [0.4, 0.5) is 0 Å². The highest BCUT2D eigenvalue weighted by atomic mass is 16.5. The molecule has 0 radical (unpaired) electrons. The summed E-state index contributed by atoms with van der Waals surface area (Å²) in [6.45, 7) is 10.8. The van der Waals surface area contributed by atoms with Gasteiger partial charge in [-0.25, -0.2) is 0 Å². The number of nitrogens with one attached hydrogen (secondary N) is 1. The van der Waals surface area contributed by atoms with Crippen LogP contribution in [-0.4, -0.2) is 38.0 Å². The molecule has 3 heteroatoms. The Kier molecular flexibility index (Phi) is 6.97. The van der Waals surface area contributed by atoms with Crippen LogP contribution in [0.25, 0.3) is 0 Å². The lowest BCUT2D eigenvalue weighted by molar-refractivity contribution is -0.150. The molecule has 2 aliphatic rings. The maximum atomic E-state index is 6.21. The Hall–Kier alpha value is -0.120. The first kappa shape index (κ1) is 17.2. The molecule has 124 valence electrons. The van der Waals surface area contributed by atoms with Gasteiger partial charge in [0.25, 0.3) is 0 Å². The first-order valence-electron chi connectivity index (χ1n) is 9.14. The fraction of sp³-hybridized carbons (Fsp3) is 1.00. The van der Waals surface area contributed by atoms with Gasteiger partial charge < -0.3 is 14.8 Å². The predicted molar refractivity (Wildman–Crippen MR) is 87.6 cm³/mol. The Morgan fingerprint density at radius 3 is 2.62 bits per heavy atom. The first-order valence-corrected chi connectivity index (χ1v) is 9.14. The molecule has 3 atom stereocenters. The molecule has 0 aromatic carbocycles. The molecule has 2 fully saturated rings. The third kappa shape index (κ3) is 4.94. The number of hydrogen-bond acceptors (Lipinski definition) is 3. The Morgan fingerprint density at radius 2 is 1.95 bits per heavy atom. The number of ether oxygens (including phenoxy) is 2. The Bertz CT molecular complexity index is 283. The molecule has 0 amide bonds. The largest absolute Gasteiger partial charge is 0.381 e. The van der Waals surface area contributed by atoms with E-state index in [2.05, 4.69) is 26.1 Å². The third-order valence-corrected chi connectivity index (χ3v) is 5.51. The standard InChI is InChI=1S/C18H35NO2/c1-4-9-19-17(13-15(3)5-2)16-6-10-21-18(14-16)7-11-20-12-8-18/h15-17,19H,4-14H2,1-3H3. The van der Waals surface area contributed by atoms with E-state index in [9.17, 15) is 0 Å². The molecular weight excluding hydrogens is 262 g/mol. The van der Waals surface area contributed by atoms with E-state index in [1.807, 2.05) is 0 Å². The molecule has 3 nitrogen and oxygen atoms in total. The minimum absolute atomic E-state index is 0.128. The molecule has 1 spiro atoms. The molecule has 0 aliphatic carbocycles. The molecule has 0 aromatic rings. The fourth-order valence-corrected chi connectivity index (χ4v) is 3.87. The second-order valence-electron chi connectivity index (χ2n) is 7.21. The van der Waals surface area contributed by atoms with Crippen LogP contribution in [0.1, 0.15) is 65.7 Å². The van der Waals surface area contributed by atoms with Crippen LogP contribution in [0.5, 0.6) is 0 Å². The topological polar surface area (TPSA) is 30.5 Å². The van der Waals surface area contributed by atoms with Crippen LogP contribution in [0.15, 0.2) is 0 Å². The van der Waals surface area contributed by atoms with E-state index in [0.29, 0.717) is 6.04 Å². The van der Waals surface area contributed by atoms with Crippen molar-refractivity contribution >= 4 is 0 Å². The van der Waals surface area contributed by atoms with Crippen LogP contribution in [0, 0.1) is 11.8 Å². The van der Waals surface area contributed by atoms with Crippen molar-refractivity contribution in [1.82, 2.24) is 5.32 Å². The second kappa shape index (κ2) is 8.50. The number of hydrogen-bond donors (Lipinski definition) is 1. The fourth-order valence-electron chi connectivity index (χ4n) is 3.87.